The molecule has 0 aromatic rings. The van der Waals surface area contributed by atoms with Gasteiger partial charge in [-0.15, -0.1) is 0 Å². The smallest absolute Gasteiger partial charge is 0.307 e. The van der Waals surface area contributed by atoms with Gasteiger partial charge >= 0.3 is 5.97 Å². The normalized spacial score (nSPS) is 25.4. The van der Waals surface area contributed by atoms with E-state index in [9.17, 15) is 9.90 Å². The van der Waals surface area contributed by atoms with Gasteiger partial charge in [-0.2, -0.15) is 0 Å². The Kier molecular flexibility index (Phi) is 6.42. The molecule has 2 N–H and O–H groups in total. The van der Waals surface area contributed by atoms with Gasteiger partial charge < -0.3 is 15.2 Å². The van der Waals surface area contributed by atoms with Crippen LogP contribution in [0.25, 0.3) is 0 Å². The predicted octanol–water partition coefficient (Wildman–Crippen LogP) is 1.08. The number of nitrogens with one attached hydrogen (secondary N) is 1. The van der Waals surface area contributed by atoms with Gasteiger partial charge in [-0.25, -0.2) is 0 Å². The Balaban J connectivity index is 2.00. The molecule has 4 nitrogen and oxygen atoms in total. The Bertz CT molecular complexity index is 208. The molecule has 16 heavy (non-hydrogen) atoms. The minimum atomic E-state index is -0.140. The predicted molar refractivity (Wildman–Crippen MR) is 62.1 cm³/mol. The van der Waals surface area contributed by atoms with Gasteiger partial charge in [0.05, 0.1) is 19.1 Å². The molecule has 1 aliphatic rings. The summed E-state index contributed by atoms with van der Waals surface area (Å²) in [7, 11) is 0. The molecule has 0 heterocycles. The lowest BCUT2D eigenvalue weighted by Gasteiger charge is -2.25. The summed E-state index contributed by atoms with van der Waals surface area (Å²) >= 11 is 0. The van der Waals surface area contributed by atoms with Gasteiger partial charge in [-0.1, -0.05) is 6.42 Å². The maximum Gasteiger partial charge on any atom is 0.307 e. The SMILES string of the molecule is CCOC(=O)CCNCC1CCCC(O)C1. The summed E-state index contributed by atoms with van der Waals surface area (Å²) in [6.45, 7) is 3.84. The van der Waals surface area contributed by atoms with Crippen LogP contribution in [0.3, 0.4) is 0 Å². The van der Waals surface area contributed by atoms with E-state index >= 15 is 0 Å². The molecular formula is C12H23NO3. The van der Waals surface area contributed by atoms with E-state index < -0.39 is 0 Å². The van der Waals surface area contributed by atoms with Crippen molar-refractivity contribution >= 4 is 5.97 Å². The fourth-order valence-corrected chi connectivity index (χ4v) is 2.18. The molecule has 0 bridgehead atoms. The lowest BCUT2D eigenvalue weighted by molar-refractivity contribution is -0.142. The first kappa shape index (κ1) is 13.5. The summed E-state index contributed by atoms with van der Waals surface area (Å²) in [6, 6.07) is 0. The number of hydrogen-bond donors (Lipinski definition) is 2. The van der Waals surface area contributed by atoms with Crippen LogP contribution in [0.4, 0.5) is 0 Å². The Hall–Kier alpha value is -0.610. The quantitative estimate of drug-likeness (QED) is 0.528. The van der Waals surface area contributed by atoms with Crippen LogP contribution >= 0.6 is 0 Å². The van der Waals surface area contributed by atoms with Crippen molar-refractivity contribution in [1.82, 2.24) is 5.32 Å². The van der Waals surface area contributed by atoms with Crippen molar-refractivity contribution in [3.8, 4) is 0 Å². The molecule has 0 radical (unpaired) electrons. The molecule has 1 fully saturated rings. The van der Waals surface area contributed by atoms with Crippen molar-refractivity contribution in [2.45, 2.75) is 45.1 Å². The van der Waals surface area contributed by atoms with Gasteiger partial charge in [0.1, 0.15) is 0 Å². The fourth-order valence-electron chi connectivity index (χ4n) is 2.18. The minimum Gasteiger partial charge on any atom is -0.466 e. The Morgan fingerprint density at radius 3 is 3.00 bits per heavy atom. The number of esters is 1. The number of carbonyl (C=O) groups is 1. The molecule has 0 spiro atoms. The third-order valence-electron chi connectivity index (χ3n) is 3.00. The molecule has 0 saturated heterocycles. The third-order valence-corrected chi connectivity index (χ3v) is 3.00. The molecule has 0 aliphatic heterocycles. The van der Waals surface area contributed by atoms with Gasteiger partial charge in [0.2, 0.25) is 0 Å². The number of hydrogen-bond acceptors (Lipinski definition) is 4. The van der Waals surface area contributed by atoms with E-state index in [1.165, 1.54) is 6.42 Å². The standard InChI is InChI=1S/C12H23NO3/c1-2-16-12(15)6-7-13-9-10-4-3-5-11(14)8-10/h10-11,13-14H,2-9H2,1H3. The van der Waals surface area contributed by atoms with Crippen molar-refractivity contribution in [2.75, 3.05) is 19.7 Å². The molecule has 1 aliphatic carbocycles. The summed E-state index contributed by atoms with van der Waals surface area (Å²) in [5.41, 5.74) is 0. The van der Waals surface area contributed by atoms with Crippen LogP contribution in [-0.4, -0.2) is 36.9 Å². The molecule has 0 amide bonds. The van der Waals surface area contributed by atoms with E-state index in [-0.39, 0.29) is 12.1 Å². The first-order valence-electron chi connectivity index (χ1n) is 6.26. The second kappa shape index (κ2) is 7.63. The summed E-state index contributed by atoms with van der Waals surface area (Å²) in [5, 5.41) is 12.7. The Morgan fingerprint density at radius 2 is 2.31 bits per heavy atom. The van der Waals surface area contributed by atoms with E-state index in [0.29, 0.717) is 25.5 Å². The molecule has 0 aromatic carbocycles. The summed E-state index contributed by atoms with van der Waals surface area (Å²) in [4.78, 5) is 11.0. The minimum absolute atomic E-state index is 0.120. The van der Waals surface area contributed by atoms with Crippen LogP contribution in [-0.2, 0) is 9.53 Å². The van der Waals surface area contributed by atoms with Gasteiger partial charge in [-0.05, 0) is 38.6 Å². The van der Waals surface area contributed by atoms with Crippen LogP contribution < -0.4 is 5.32 Å². The fraction of sp³-hybridized carbons (Fsp3) is 0.917. The van der Waals surface area contributed by atoms with Gasteiger partial charge in [0.15, 0.2) is 0 Å². The van der Waals surface area contributed by atoms with Gasteiger partial charge in [0, 0.05) is 6.54 Å². The molecular weight excluding hydrogens is 206 g/mol. The number of ether oxygens (including phenoxy) is 1. The monoisotopic (exact) mass is 229 g/mol. The zero-order valence-corrected chi connectivity index (χ0v) is 10.1. The summed E-state index contributed by atoms with van der Waals surface area (Å²) in [6.07, 6.45) is 4.45. The zero-order valence-electron chi connectivity index (χ0n) is 10.1. The second-order valence-corrected chi connectivity index (χ2v) is 4.45. The molecule has 2 atom stereocenters. The second-order valence-electron chi connectivity index (χ2n) is 4.45. The van der Waals surface area contributed by atoms with E-state index in [0.717, 1.165) is 25.8 Å². The van der Waals surface area contributed by atoms with Gasteiger partial charge in [-0.3, -0.25) is 4.79 Å². The number of carbonyl (C=O) groups excluding carboxylic acids is 1. The maximum absolute atomic E-state index is 11.0. The van der Waals surface area contributed by atoms with Crippen molar-refractivity contribution < 1.29 is 14.6 Å². The van der Waals surface area contributed by atoms with Crippen molar-refractivity contribution in [3.63, 3.8) is 0 Å². The summed E-state index contributed by atoms with van der Waals surface area (Å²) in [5.74, 6) is 0.421. The van der Waals surface area contributed by atoms with Crippen molar-refractivity contribution in [2.24, 2.45) is 5.92 Å². The average Bonchev–Trinajstić information content (AvgIpc) is 2.25. The first-order chi connectivity index (χ1) is 7.72. The van der Waals surface area contributed by atoms with E-state index in [2.05, 4.69) is 5.32 Å². The van der Waals surface area contributed by atoms with E-state index in [1.54, 1.807) is 0 Å². The maximum atomic E-state index is 11.0. The van der Waals surface area contributed by atoms with Crippen LogP contribution in [0.5, 0.6) is 0 Å². The topological polar surface area (TPSA) is 58.6 Å². The molecule has 1 saturated carbocycles. The zero-order chi connectivity index (χ0) is 11.8. The highest BCUT2D eigenvalue weighted by Gasteiger charge is 2.19. The summed E-state index contributed by atoms with van der Waals surface area (Å²) < 4.78 is 4.83. The van der Waals surface area contributed by atoms with E-state index in [4.69, 9.17) is 4.74 Å². The van der Waals surface area contributed by atoms with Crippen LogP contribution in [0, 0.1) is 5.92 Å². The molecule has 2 unspecified atom stereocenters. The highest BCUT2D eigenvalue weighted by atomic mass is 16.5. The van der Waals surface area contributed by atoms with Crippen LogP contribution in [0.2, 0.25) is 0 Å². The Labute approximate surface area is 97.4 Å². The average molecular weight is 229 g/mol. The highest BCUT2D eigenvalue weighted by Crippen LogP contribution is 2.23. The van der Waals surface area contributed by atoms with Crippen LogP contribution in [0.15, 0.2) is 0 Å². The van der Waals surface area contributed by atoms with E-state index in [1.807, 2.05) is 6.92 Å². The largest absolute Gasteiger partial charge is 0.466 e. The lowest BCUT2D eigenvalue weighted by Crippen LogP contribution is -2.30. The van der Waals surface area contributed by atoms with Crippen LogP contribution in [0.1, 0.15) is 39.0 Å². The number of rotatable bonds is 6. The Morgan fingerprint density at radius 1 is 1.50 bits per heavy atom. The molecule has 0 aromatic heterocycles. The lowest BCUT2D eigenvalue weighted by atomic mass is 9.87. The van der Waals surface area contributed by atoms with Crippen molar-refractivity contribution in [1.29, 1.82) is 0 Å². The highest BCUT2D eigenvalue weighted by molar-refractivity contribution is 5.69. The third kappa shape index (κ3) is 5.47. The van der Waals surface area contributed by atoms with Gasteiger partial charge in [0.25, 0.3) is 0 Å². The van der Waals surface area contributed by atoms with Crippen molar-refractivity contribution in [3.05, 3.63) is 0 Å². The molecule has 4 heteroatoms. The number of aliphatic hydroxyl groups is 1. The number of aliphatic hydroxyl groups excluding tert-OH is 1. The first-order valence-corrected chi connectivity index (χ1v) is 6.26. The molecule has 94 valence electrons. The molecule has 1 rings (SSSR count).